The first-order valence-electron chi connectivity index (χ1n) is 18.0. The predicted octanol–water partition coefficient (Wildman–Crippen LogP) is 4.30. The number of ether oxygens (including phenoxy) is 6. The minimum atomic E-state index is -1.33. The summed E-state index contributed by atoms with van der Waals surface area (Å²) < 4.78 is 33.4. The average Bonchev–Trinajstić information content (AvgIpc) is 3.48. The summed E-state index contributed by atoms with van der Waals surface area (Å²) >= 11 is 0. The molecule has 1 aliphatic heterocycles. The van der Waals surface area contributed by atoms with Crippen LogP contribution in [0.3, 0.4) is 0 Å². The number of amides is 3. The molecule has 1 aromatic rings. The number of primary amides is 1. The summed E-state index contributed by atoms with van der Waals surface area (Å²) in [6, 6.07) is 5.26. The molecule has 1 unspecified atom stereocenters. The molecule has 1 heterocycles. The van der Waals surface area contributed by atoms with Crippen molar-refractivity contribution in [3.8, 4) is 11.5 Å². The van der Waals surface area contributed by atoms with Crippen molar-refractivity contribution in [2.24, 2.45) is 34.8 Å². The number of nitrogens with two attached hydrogens (primary N) is 1. The van der Waals surface area contributed by atoms with Crippen LogP contribution in [0.5, 0.6) is 11.5 Å². The number of carboxylic acid groups (broad SMARTS) is 1. The number of carbonyl (C=O) groups excluding carboxylic acids is 4. The van der Waals surface area contributed by atoms with Crippen LogP contribution in [0, 0.1) is 29.1 Å². The second kappa shape index (κ2) is 21.4. The monoisotopic (exact) mass is 749 g/mol. The molecule has 0 bridgehead atoms. The van der Waals surface area contributed by atoms with E-state index in [9.17, 15) is 24.0 Å². The standard InChI is InChI=1S/C38H59N3O12/c1-23(2)27(17-26-11-12-30(49-9)32(18-26)50-16-10-15-48-8)19-29-31(20-28(24(3)4)35(45)40-21-38(6,7)36(39)46)51-22-41(29)37(47)53-25(5)52-34(44)14-13-33(42)43/h11-14,18,23-25,27-29,31H,10,15-17,19-22H2,1-9H3,(H2,39,46)(H,40,45)(H,42,43)/b14-13+/t25?,27-,28-,29-,31-/m0/s1. The SMILES string of the molecule is COCCCOc1cc(C[C@@H](C[C@H]2[C@H](C[C@H](C(=O)NCC(C)(C)C(N)=O)C(C)C)OCN2C(=O)OC(C)OC(=O)/C=C/C(=O)O)C(C)C)ccc1OC. The lowest BCUT2D eigenvalue weighted by molar-refractivity contribution is -0.160. The van der Waals surface area contributed by atoms with Crippen LogP contribution in [0.25, 0.3) is 0 Å². The molecular formula is C38H59N3O12. The highest BCUT2D eigenvalue weighted by Crippen LogP contribution is 2.36. The molecule has 15 heteroatoms. The molecule has 0 spiro atoms. The van der Waals surface area contributed by atoms with E-state index in [1.807, 2.05) is 32.0 Å². The number of esters is 1. The number of carboxylic acids is 1. The fourth-order valence-electron chi connectivity index (χ4n) is 5.86. The molecule has 5 atom stereocenters. The molecule has 298 valence electrons. The quantitative estimate of drug-likeness (QED) is 0.0658. The van der Waals surface area contributed by atoms with E-state index in [-0.39, 0.29) is 43.4 Å². The summed E-state index contributed by atoms with van der Waals surface area (Å²) in [5.41, 5.74) is 5.58. The third-order valence-corrected chi connectivity index (χ3v) is 9.37. The number of aliphatic carboxylic acids is 1. The van der Waals surface area contributed by atoms with Gasteiger partial charge >= 0.3 is 18.0 Å². The third-order valence-electron chi connectivity index (χ3n) is 9.37. The number of methoxy groups -OCH3 is 2. The number of nitrogens with zero attached hydrogens (tertiary/aromatic N) is 1. The molecule has 1 aliphatic rings. The summed E-state index contributed by atoms with van der Waals surface area (Å²) in [5, 5.41) is 11.7. The van der Waals surface area contributed by atoms with Crippen molar-refractivity contribution in [1.82, 2.24) is 10.2 Å². The molecule has 53 heavy (non-hydrogen) atoms. The highest BCUT2D eigenvalue weighted by atomic mass is 16.7. The normalized spacial score (nSPS) is 17.8. The van der Waals surface area contributed by atoms with Gasteiger partial charge in [-0.3, -0.25) is 14.5 Å². The van der Waals surface area contributed by atoms with Crippen molar-refractivity contribution in [2.75, 3.05) is 40.7 Å². The summed E-state index contributed by atoms with van der Waals surface area (Å²) in [7, 11) is 3.22. The first-order chi connectivity index (χ1) is 24.9. The van der Waals surface area contributed by atoms with Gasteiger partial charge in [0.15, 0.2) is 11.5 Å². The Morgan fingerprint density at radius 2 is 1.70 bits per heavy atom. The maximum Gasteiger partial charge on any atom is 0.415 e. The van der Waals surface area contributed by atoms with Gasteiger partial charge in [0, 0.05) is 51.7 Å². The lowest BCUT2D eigenvalue weighted by atomic mass is 9.80. The van der Waals surface area contributed by atoms with Gasteiger partial charge in [0.05, 0.1) is 31.3 Å². The van der Waals surface area contributed by atoms with Crippen LogP contribution in [-0.4, -0.2) is 99.0 Å². The van der Waals surface area contributed by atoms with Gasteiger partial charge in [-0.25, -0.2) is 14.4 Å². The van der Waals surface area contributed by atoms with Crippen molar-refractivity contribution >= 4 is 29.8 Å². The highest BCUT2D eigenvalue weighted by molar-refractivity contribution is 5.90. The van der Waals surface area contributed by atoms with Crippen LogP contribution in [0.2, 0.25) is 0 Å². The number of carbonyl (C=O) groups is 5. The van der Waals surface area contributed by atoms with Crippen LogP contribution in [0.1, 0.15) is 73.3 Å². The topological polar surface area (TPSA) is 202 Å². The summed E-state index contributed by atoms with van der Waals surface area (Å²) in [6.45, 7) is 13.6. The third kappa shape index (κ3) is 14.5. The van der Waals surface area contributed by atoms with Gasteiger partial charge in [0.1, 0.15) is 6.73 Å². The van der Waals surface area contributed by atoms with Crippen LogP contribution in [-0.2, 0) is 44.5 Å². The van der Waals surface area contributed by atoms with Crippen molar-refractivity contribution in [3.05, 3.63) is 35.9 Å². The Morgan fingerprint density at radius 3 is 2.28 bits per heavy atom. The Balaban J connectivity index is 2.39. The maximum atomic E-state index is 13.6. The Morgan fingerprint density at radius 1 is 1.00 bits per heavy atom. The van der Waals surface area contributed by atoms with Crippen molar-refractivity contribution in [2.45, 2.75) is 92.6 Å². The molecule has 3 amide bonds. The molecule has 1 saturated heterocycles. The van der Waals surface area contributed by atoms with Gasteiger partial charge in [0.25, 0.3) is 0 Å². The molecular weight excluding hydrogens is 690 g/mol. The molecule has 0 radical (unpaired) electrons. The number of hydrogen-bond donors (Lipinski definition) is 3. The second-order valence-corrected chi connectivity index (χ2v) is 14.6. The number of rotatable bonds is 22. The minimum Gasteiger partial charge on any atom is -0.493 e. The molecule has 4 N–H and O–H groups in total. The first kappa shape index (κ1) is 44.8. The molecule has 1 fully saturated rings. The number of nitrogens with one attached hydrogen (secondary N) is 1. The van der Waals surface area contributed by atoms with E-state index in [2.05, 4.69) is 19.2 Å². The van der Waals surface area contributed by atoms with E-state index in [4.69, 9.17) is 39.3 Å². The van der Waals surface area contributed by atoms with E-state index >= 15 is 0 Å². The van der Waals surface area contributed by atoms with E-state index in [1.165, 1.54) is 11.8 Å². The van der Waals surface area contributed by atoms with Gasteiger partial charge in [-0.1, -0.05) is 33.8 Å². The smallest absolute Gasteiger partial charge is 0.415 e. The maximum absolute atomic E-state index is 13.6. The van der Waals surface area contributed by atoms with Crippen molar-refractivity contribution in [1.29, 1.82) is 0 Å². The largest absolute Gasteiger partial charge is 0.493 e. The van der Waals surface area contributed by atoms with E-state index in [0.29, 0.717) is 56.1 Å². The van der Waals surface area contributed by atoms with Crippen LogP contribution < -0.4 is 20.5 Å². The van der Waals surface area contributed by atoms with Crippen LogP contribution in [0.15, 0.2) is 30.4 Å². The zero-order valence-corrected chi connectivity index (χ0v) is 32.5. The van der Waals surface area contributed by atoms with Gasteiger partial charge in [0.2, 0.25) is 18.1 Å². The Bertz CT molecular complexity index is 1410. The molecule has 15 nitrogen and oxygen atoms in total. The second-order valence-electron chi connectivity index (χ2n) is 14.6. The van der Waals surface area contributed by atoms with Crippen molar-refractivity contribution < 1.29 is 57.5 Å². The Kier molecular flexibility index (Phi) is 18.1. The fourth-order valence-corrected chi connectivity index (χ4v) is 5.86. The van der Waals surface area contributed by atoms with E-state index in [0.717, 1.165) is 5.56 Å². The summed E-state index contributed by atoms with van der Waals surface area (Å²) in [6.07, 6.45) is 0.715. The van der Waals surface area contributed by atoms with Gasteiger partial charge in [-0.05, 0) is 68.6 Å². The van der Waals surface area contributed by atoms with Crippen LogP contribution in [0.4, 0.5) is 4.79 Å². The van der Waals surface area contributed by atoms with Crippen molar-refractivity contribution in [3.63, 3.8) is 0 Å². The number of hydrogen-bond acceptors (Lipinski definition) is 11. The summed E-state index contributed by atoms with van der Waals surface area (Å²) in [5.74, 6) is -2.37. The molecule has 0 aliphatic carbocycles. The lowest BCUT2D eigenvalue weighted by Crippen LogP contribution is -2.47. The molecule has 1 aromatic carbocycles. The first-order valence-corrected chi connectivity index (χ1v) is 18.0. The van der Waals surface area contributed by atoms with Gasteiger partial charge in [-0.2, -0.15) is 0 Å². The minimum absolute atomic E-state index is 0.0216. The lowest BCUT2D eigenvalue weighted by Gasteiger charge is -2.33. The summed E-state index contributed by atoms with van der Waals surface area (Å²) in [4.78, 5) is 63.3. The molecule has 0 saturated carbocycles. The number of benzene rings is 1. The Hall–Kier alpha value is -4.37. The molecule has 0 aromatic heterocycles. The van der Waals surface area contributed by atoms with E-state index < -0.39 is 53.7 Å². The zero-order valence-electron chi connectivity index (χ0n) is 32.5. The highest BCUT2D eigenvalue weighted by Gasteiger charge is 2.43. The molecule has 2 rings (SSSR count). The average molecular weight is 750 g/mol. The fraction of sp³-hybridized carbons (Fsp3) is 0.658. The van der Waals surface area contributed by atoms with E-state index in [1.54, 1.807) is 28.1 Å². The van der Waals surface area contributed by atoms with Crippen LogP contribution >= 0.6 is 0 Å². The van der Waals surface area contributed by atoms with Gasteiger partial charge < -0.3 is 44.6 Å². The van der Waals surface area contributed by atoms with Gasteiger partial charge in [-0.15, -0.1) is 0 Å². The zero-order chi connectivity index (χ0) is 39.9. The Labute approximate surface area is 312 Å². The predicted molar refractivity (Wildman–Crippen MR) is 195 cm³/mol.